The van der Waals surface area contributed by atoms with Gasteiger partial charge in [-0.05, 0) is 24.3 Å². The fourth-order valence-electron chi connectivity index (χ4n) is 1.81. The smallest absolute Gasteiger partial charge is 0.387 e. The Kier molecular flexibility index (Phi) is 5.10. The number of hydrogen-bond acceptors (Lipinski definition) is 5. The highest BCUT2D eigenvalue weighted by atomic mass is 19.3. The highest BCUT2D eigenvalue weighted by Gasteiger charge is 2.19. The maximum Gasteiger partial charge on any atom is 0.387 e. The first-order chi connectivity index (χ1) is 11.0. The molecule has 5 nitrogen and oxygen atoms in total. The molecule has 2 aromatic carbocycles. The fraction of sp³-hybridized carbons (Fsp3) is 0.125. The van der Waals surface area contributed by atoms with Crippen molar-refractivity contribution >= 4 is 5.97 Å². The summed E-state index contributed by atoms with van der Waals surface area (Å²) in [6.07, 6.45) is 0. The molecule has 0 radical (unpaired) electrons. The molecule has 0 spiro atoms. The van der Waals surface area contributed by atoms with Crippen LogP contribution in [0.4, 0.5) is 8.78 Å². The van der Waals surface area contributed by atoms with Crippen molar-refractivity contribution in [2.24, 2.45) is 0 Å². The number of alkyl halides is 2. The SMILES string of the molecule is COc1cc(C#N)ccc1OC(=O)c1ccccc1OC(F)F. The van der Waals surface area contributed by atoms with Gasteiger partial charge in [0, 0.05) is 6.07 Å². The lowest BCUT2D eigenvalue weighted by Gasteiger charge is -2.12. The molecule has 2 aromatic rings. The summed E-state index contributed by atoms with van der Waals surface area (Å²) in [5, 5.41) is 8.83. The molecule has 0 aromatic heterocycles. The maximum atomic E-state index is 12.4. The Bertz CT molecular complexity index is 756. The third kappa shape index (κ3) is 3.95. The van der Waals surface area contributed by atoms with Crippen LogP contribution in [0.25, 0.3) is 0 Å². The summed E-state index contributed by atoms with van der Waals surface area (Å²) in [6, 6.07) is 11.6. The third-order valence-corrected chi connectivity index (χ3v) is 2.82. The minimum Gasteiger partial charge on any atom is -0.493 e. The Labute approximate surface area is 130 Å². The zero-order valence-electron chi connectivity index (χ0n) is 12.0. The van der Waals surface area contributed by atoms with E-state index in [2.05, 4.69) is 4.74 Å². The van der Waals surface area contributed by atoms with E-state index in [4.69, 9.17) is 14.7 Å². The van der Waals surface area contributed by atoms with Gasteiger partial charge in [0.05, 0.1) is 18.7 Å². The molecule has 118 valence electrons. The molecule has 0 bridgehead atoms. The lowest BCUT2D eigenvalue weighted by atomic mass is 10.2. The van der Waals surface area contributed by atoms with Gasteiger partial charge in [-0.3, -0.25) is 0 Å². The van der Waals surface area contributed by atoms with E-state index >= 15 is 0 Å². The fourth-order valence-corrected chi connectivity index (χ4v) is 1.81. The zero-order chi connectivity index (χ0) is 16.8. The molecule has 0 atom stereocenters. The average molecular weight is 319 g/mol. The van der Waals surface area contributed by atoms with Gasteiger partial charge in [0.2, 0.25) is 0 Å². The van der Waals surface area contributed by atoms with Crippen molar-refractivity contribution in [3.8, 4) is 23.3 Å². The van der Waals surface area contributed by atoms with E-state index in [1.807, 2.05) is 6.07 Å². The van der Waals surface area contributed by atoms with Crippen LogP contribution in [-0.2, 0) is 0 Å². The van der Waals surface area contributed by atoms with Gasteiger partial charge in [-0.15, -0.1) is 0 Å². The number of methoxy groups -OCH3 is 1. The molecule has 2 rings (SSSR count). The van der Waals surface area contributed by atoms with Gasteiger partial charge in [0.1, 0.15) is 11.3 Å². The summed E-state index contributed by atoms with van der Waals surface area (Å²) in [5.41, 5.74) is 0.169. The summed E-state index contributed by atoms with van der Waals surface area (Å²) in [6.45, 7) is -3.06. The summed E-state index contributed by atoms with van der Waals surface area (Å²) < 4.78 is 39.2. The van der Waals surface area contributed by atoms with Gasteiger partial charge < -0.3 is 14.2 Å². The van der Waals surface area contributed by atoms with Crippen molar-refractivity contribution in [2.75, 3.05) is 7.11 Å². The summed E-state index contributed by atoms with van der Waals surface area (Å²) in [5.74, 6) is -0.947. The van der Waals surface area contributed by atoms with E-state index in [-0.39, 0.29) is 22.8 Å². The van der Waals surface area contributed by atoms with Crippen molar-refractivity contribution < 1.29 is 27.8 Å². The number of rotatable bonds is 5. The topological polar surface area (TPSA) is 68.5 Å². The number of halogens is 2. The second-order valence-corrected chi connectivity index (χ2v) is 4.24. The molecule has 0 N–H and O–H groups in total. The standard InChI is InChI=1S/C16H11F2NO4/c1-21-14-8-10(9-19)6-7-13(14)22-15(20)11-4-2-3-5-12(11)23-16(17)18/h2-8,16H,1H3. The van der Waals surface area contributed by atoms with Crippen LogP contribution in [0.3, 0.4) is 0 Å². The molecule has 0 amide bonds. The van der Waals surface area contributed by atoms with Gasteiger partial charge in [-0.1, -0.05) is 12.1 Å². The first kappa shape index (κ1) is 16.2. The van der Waals surface area contributed by atoms with E-state index in [0.29, 0.717) is 5.56 Å². The van der Waals surface area contributed by atoms with Crippen LogP contribution in [0.15, 0.2) is 42.5 Å². The van der Waals surface area contributed by atoms with Crippen LogP contribution in [-0.4, -0.2) is 19.7 Å². The molecule has 23 heavy (non-hydrogen) atoms. The largest absolute Gasteiger partial charge is 0.493 e. The quantitative estimate of drug-likeness (QED) is 0.624. The number of esters is 1. The maximum absolute atomic E-state index is 12.4. The Balaban J connectivity index is 2.28. The first-order valence-electron chi connectivity index (χ1n) is 6.39. The van der Waals surface area contributed by atoms with E-state index in [0.717, 1.165) is 0 Å². The van der Waals surface area contributed by atoms with E-state index in [1.165, 1.54) is 49.6 Å². The number of para-hydroxylation sites is 1. The van der Waals surface area contributed by atoms with Gasteiger partial charge in [-0.2, -0.15) is 14.0 Å². The molecule has 0 heterocycles. The number of hydrogen-bond donors (Lipinski definition) is 0. The summed E-state index contributed by atoms with van der Waals surface area (Å²) >= 11 is 0. The number of carbonyl (C=O) groups is 1. The monoisotopic (exact) mass is 319 g/mol. The van der Waals surface area contributed by atoms with Gasteiger partial charge >= 0.3 is 12.6 Å². The minimum absolute atomic E-state index is 0.0587. The van der Waals surface area contributed by atoms with Crippen LogP contribution >= 0.6 is 0 Å². The molecule has 0 unspecified atom stereocenters. The Morgan fingerprint density at radius 2 is 1.87 bits per heavy atom. The summed E-state index contributed by atoms with van der Waals surface area (Å²) in [4.78, 5) is 12.2. The van der Waals surface area contributed by atoms with Crippen LogP contribution in [0.1, 0.15) is 15.9 Å². The molecule has 0 aliphatic heterocycles. The van der Waals surface area contributed by atoms with Crippen molar-refractivity contribution in [3.05, 3.63) is 53.6 Å². The second kappa shape index (κ2) is 7.22. The predicted molar refractivity (Wildman–Crippen MR) is 75.7 cm³/mol. The van der Waals surface area contributed by atoms with Gasteiger partial charge in [0.25, 0.3) is 0 Å². The Morgan fingerprint density at radius 3 is 2.52 bits per heavy atom. The normalized spacial score (nSPS) is 10.0. The Morgan fingerprint density at radius 1 is 1.13 bits per heavy atom. The number of carbonyl (C=O) groups excluding carboxylic acids is 1. The zero-order valence-corrected chi connectivity index (χ0v) is 12.0. The van der Waals surface area contributed by atoms with Crippen LogP contribution in [0, 0.1) is 11.3 Å². The highest BCUT2D eigenvalue weighted by molar-refractivity contribution is 5.94. The highest BCUT2D eigenvalue weighted by Crippen LogP contribution is 2.30. The van der Waals surface area contributed by atoms with Crippen molar-refractivity contribution in [1.82, 2.24) is 0 Å². The molecule has 0 fully saturated rings. The average Bonchev–Trinajstić information content (AvgIpc) is 2.55. The lowest BCUT2D eigenvalue weighted by molar-refractivity contribution is -0.0503. The first-order valence-corrected chi connectivity index (χ1v) is 6.39. The molecule has 0 saturated carbocycles. The van der Waals surface area contributed by atoms with E-state index < -0.39 is 12.6 Å². The molecule has 0 aliphatic carbocycles. The van der Waals surface area contributed by atoms with Crippen LogP contribution in [0.5, 0.6) is 17.2 Å². The molecule has 7 heteroatoms. The minimum atomic E-state index is -3.06. The molecular weight excluding hydrogens is 308 g/mol. The van der Waals surface area contributed by atoms with E-state index in [1.54, 1.807) is 0 Å². The number of nitrogens with zero attached hydrogens (tertiary/aromatic N) is 1. The van der Waals surface area contributed by atoms with E-state index in [9.17, 15) is 13.6 Å². The summed E-state index contributed by atoms with van der Waals surface area (Å²) in [7, 11) is 1.35. The van der Waals surface area contributed by atoms with Crippen LogP contribution in [0.2, 0.25) is 0 Å². The molecular formula is C16H11F2NO4. The van der Waals surface area contributed by atoms with Crippen molar-refractivity contribution in [3.63, 3.8) is 0 Å². The second-order valence-electron chi connectivity index (χ2n) is 4.24. The number of benzene rings is 2. The lowest BCUT2D eigenvalue weighted by Crippen LogP contribution is -2.13. The third-order valence-electron chi connectivity index (χ3n) is 2.82. The van der Waals surface area contributed by atoms with Crippen LogP contribution < -0.4 is 14.2 Å². The molecule has 0 saturated heterocycles. The van der Waals surface area contributed by atoms with Crippen molar-refractivity contribution in [2.45, 2.75) is 6.61 Å². The van der Waals surface area contributed by atoms with Crippen molar-refractivity contribution in [1.29, 1.82) is 5.26 Å². The number of ether oxygens (including phenoxy) is 3. The molecule has 0 aliphatic rings. The number of nitriles is 1. The Hall–Kier alpha value is -3.14. The van der Waals surface area contributed by atoms with Gasteiger partial charge in [-0.25, -0.2) is 4.79 Å². The van der Waals surface area contributed by atoms with Gasteiger partial charge in [0.15, 0.2) is 11.5 Å². The predicted octanol–water partition coefficient (Wildman–Crippen LogP) is 3.39.